The highest BCUT2D eigenvalue weighted by molar-refractivity contribution is 7.99. The first kappa shape index (κ1) is 41.3. The van der Waals surface area contributed by atoms with Crippen LogP contribution in [0.1, 0.15) is 56.6 Å². The van der Waals surface area contributed by atoms with Crippen molar-refractivity contribution in [3.05, 3.63) is 150 Å². The average molecular weight is 827 g/mol. The number of carbonyl (C=O) groups is 2. The van der Waals surface area contributed by atoms with Gasteiger partial charge in [0.2, 0.25) is 0 Å². The molecule has 0 radical (unpaired) electrons. The summed E-state index contributed by atoms with van der Waals surface area (Å²) in [5.41, 5.74) is 7.94. The van der Waals surface area contributed by atoms with Crippen LogP contribution in [0.25, 0.3) is 33.0 Å². The second kappa shape index (κ2) is 19.3. The third-order valence-corrected chi connectivity index (χ3v) is 12.5. The van der Waals surface area contributed by atoms with Crippen molar-refractivity contribution < 1.29 is 19.8 Å². The van der Waals surface area contributed by atoms with Crippen LogP contribution in [0.4, 0.5) is 28.4 Å². The summed E-state index contributed by atoms with van der Waals surface area (Å²) in [6.07, 6.45) is 9.96. The Labute approximate surface area is 358 Å². The highest BCUT2D eigenvalue weighted by Gasteiger charge is 2.25. The minimum absolute atomic E-state index is 0.297. The van der Waals surface area contributed by atoms with Gasteiger partial charge < -0.3 is 20.0 Å². The molecule has 0 saturated heterocycles. The van der Waals surface area contributed by atoms with Gasteiger partial charge in [-0.05, 0) is 114 Å². The first-order valence-electron chi connectivity index (χ1n) is 19.9. The molecule has 0 unspecified atom stereocenters. The molecule has 7 rings (SSSR count). The SMILES string of the molecule is CCCCCCCCN1c2ccc(/C=C(/C#N)C(=O)O)cc2Sc2cc(-c3ccc(-c4ccc(N(c5ccccc5)c5ccc(/C=C(/C#N)C(=O)O)cc5)cc4)s3)ccc21. The van der Waals surface area contributed by atoms with Gasteiger partial charge in [0, 0.05) is 43.2 Å². The minimum Gasteiger partial charge on any atom is -0.477 e. The predicted octanol–water partition coefficient (Wildman–Crippen LogP) is 13.5. The Hall–Kier alpha value is -6.85. The van der Waals surface area contributed by atoms with Crippen molar-refractivity contribution in [2.75, 3.05) is 16.3 Å². The van der Waals surface area contributed by atoms with E-state index in [1.807, 2.05) is 60.7 Å². The Morgan fingerprint density at radius 3 is 1.77 bits per heavy atom. The molecular formula is C50H42N4O4S2. The number of carboxylic acid groups (broad SMARTS) is 2. The van der Waals surface area contributed by atoms with Crippen molar-refractivity contribution >= 4 is 75.6 Å². The molecule has 10 heteroatoms. The van der Waals surface area contributed by atoms with Gasteiger partial charge in [0.1, 0.15) is 23.3 Å². The van der Waals surface area contributed by atoms with Crippen LogP contribution < -0.4 is 9.80 Å². The standard InChI is InChI=1S/C50H42N4O4S2/c1-2-3-4-5-6-10-27-53-43-23-15-35(29-39(33-52)50(57)58)30-47(43)60-48-31-37(18-24-44(48)53)46-26-25-45(59-46)36-16-21-42(22-17-36)54(40-11-8-7-9-12-40)41-19-13-34(14-20-41)28-38(32-51)49(55)56/h7-9,11-26,28-31H,2-6,10,27H2,1H3,(H,55,56)(H,57,58)/b38-28-,39-29-. The van der Waals surface area contributed by atoms with Gasteiger partial charge >= 0.3 is 11.9 Å². The van der Waals surface area contributed by atoms with Gasteiger partial charge in [0.05, 0.1) is 11.4 Å². The van der Waals surface area contributed by atoms with Gasteiger partial charge in [0.25, 0.3) is 0 Å². The lowest BCUT2D eigenvalue weighted by molar-refractivity contribution is -0.133. The lowest BCUT2D eigenvalue weighted by Gasteiger charge is -2.33. The average Bonchev–Trinajstić information content (AvgIpc) is 3.77. The molecule has 0 spiro atoms. The van der Waals surface area contributed by atoms with Crippen LogP contribution in [0.2, 0.25) is 0 Å². The Morgan fingerprint density at radius 2 is 1.13 bits per heavy atom. The van der Waals surface area contributed by atoms with Gasteiger partial charge in [-0.1, -0.05) is 105 Å². The number of fused-ring (bicyclic) bond motifs is 2. The van der Waals surface area contributed by atoms with Crippen LogP contribution in [0.15, 0.2) is 148 Å². The molecule has 2 heterocycles. The molecule has 1 aliphatic heterocycles. The van der Waals surface area contributed by atoms with E-state index in [2.05, 4.69) is 71.3 Å². The third-order valence-electron chi connectivity index (χ3n) is 10.3. The molecular weight excluding hydrogens is 785 g/mol. The summed E-state index contributed by atoms with van der Waals surface area (Å²) in [4.78, 5) is 31.9. The van der Waals surface area contributed by atoms with Crippen LogP contribution in [0, 0.1) is 22.7 Å². The molecule has 0 fully saturated rings. The molecule has 8 nitrogen and oxygen atoms in total. The second-order valence-corrected chi connectivity index (χ2v) is 16.5. The fourth-order valence-electron chi connectivity index (χ4n) is 7.22. The summed E-state index contributed by atoms with van der Waals surface area (Å²) < 4.78 is 0. The number of para-hydroxylation sites is 1. The Morgan fingerprint density at radius 1 is 0.617 bits per heavy atom. The number of hydrogen-bond donors (Lipinski definition) is 2. The molecule has 6 aromatic rings. The lowest BCUT2D eigenvalue weighted by atomic mass is 10.1. The molecule has 0 aliphatic carbocycles. The van der Waals surface area contributed by atoms with E-state index >= 15 is 0 Å². The largest absolute Gasteiger partial charge is 0.477 e. The summed E-state index contributed by atoms with van der Waals surface area (Å²) in [6.45, 7) is 3.10. The zero-order valence-corrected chi connectivity index (χ0v) is 34.7. The normalized spacial score (nSPS) is 12.2. The summed E-state index contributed by atoms with van der Waals surface area (Å²) in [5, 5.41) is 37.4. The third kappa shape index (κ3) is 9.54. The van der Waals surface area contributed by atoms with E-state index in [0.29, 0.717) is 11.1 Å². The maximum atomic E-state index is 11.6. The molecule has 5 aromatic carbocycles. The van der Waals surface area contributed by atoms with Crippen molar-refractivity contribution in [3.63, 3.8) is 0 Å². The quantitative estimate of drug-likeness (QED) is 0.0556. The topological polar surface area (TPSA) is 129 Å². The summed E-state index contributed by atoms with van der Waals surface area (Å²) in [5.74, 6) is -2.50. The van der Waals surface area contributed by atoms with Crippen LogP contribution in [-0.2, 0) is 9.59 Å². The molecule has 60 heavy (non-hydrogen) atoms. The molecule has 1 aliphatic rings. The fraction of sp³-hybridized carbons (Fsp3) is 0.160. The number of carboxylic acids is 2. The zero-order valence-electron chi connectivity index (χ0n) is 33.0. The van der Waals surface area contributed by atoms with E-state index in [9.17, 15) is 30.3 Å². The molecule has 0 atom stereocenters. The fourth-order valence-corrected chi connectivity index (χ4v) is 9.41. The van der Waals surface area contributed by atoms with Gasteiger partial charge in [-0.2, -0.15) is 10.5 Å². The smallest absolute Gasteiger partial charge is 0.346 e. The van der Waals surface area contributed by atoms with E-state index < -0.39 is 11.9 Å². The predicted molar refractivity (Wildman–Crippen MR) is 243 cm³/mol. The van der Waals surface area contributed by atoms with E-state index in [1.54, 1.807) is 47.4 Å². The Kier molecular flexibility index (Phi) is 13.3. The van der Waals surface area contributed by atoms with E-state index in [4.69, 9.17) is 0 Å². The van der Waals surface area contributed by atoms with E-state index in [0.717, 1.165) is 78.5 Å². The minimum atomic E-state index is -1.26. The number of benzene rings is 5. The van der Waals surface area contributed by atoms with E-state index in [1.165, 1.54) is 37.8 Å². The lowest BCUT2D eigenvalue weighted by Crippen LogP contribution is -2.22. The van der Waals surface area contributed by atoms with Gasteiger partial charge in [-0.25, -0.2) is 9.59 Å². The molecule has 1 aromatic heterocycles. The van der Waals surface area contributed by atoms with Crippen LogP contribution in [0.5, 0.6) is 0 Å². The van der Waals surface area contributed by atoms with Gasteiger partial charge in [-0.3, -0.25) is 0 Å². The zero-order chi connectivity index (χ0) is 42.0. The number of nitrogens with zero attached hydrogens (tertiary/aromatic N) is 4. The van der Waals surface area contributed by atoms with Crippen molar-refractivity contribution in [2.45, 2.75) is 55.2 Å². The number of unbranched alkanes of at least 4 members (excludes halogenated alkanes) is 5. The van der Waals surface area contributed by atoms with Crippen molar-refractivity contribution in [2.24, 2.45) is 0 Å². The van der Waals surface area contributed by atoms with Crippen LogP contribution in [-0.4, -0.2) is 28.7 Å². The Bertz CT molecular complexity index is 2650. The summed E-state index contributed by atoms with van der Waals surface area (Å²) >= 11 is 3.40. The monoisotopic (exact) mass is 826 g/mol. The number of hydrogen-bond acceptors (Lipinski definition) is 8. The first-order valence-corrected chi connectivity index (χ1v) is 21.5. The molecule has 0 saturated carbocycles. The highest BCUT2D eigenvalue weighted by Crippen LogP contribution is 2.50. The van der Waals surface area contributed by atoms with E-state index in [-0.39, 0.29) is 11.1 Å². The molecule has 298 valence electrons. The summed E-state index contributed by atoms with van der Waals surface area (Å²) in [6, 6.07) is 46.3. The van der Waals surface area contributed by atoms with Crippen molar-refractivity contribution in [1.29, 1.82) is 10.5 Å². The number of thiophene rings is 1. The van der Waals surface area contributed by atoms with Gasteiger partial charge in [0.15, 0.2) is 0 Å². The van der Waals surface area contributed by atoms with Crippen molar-refractivity contribution in [1.82, 2.24) is 0 Å². The van der Waals surface area contributed by atoms with Crippen LogP contribution >= 0.6 is 23.1 Å². The van der Waals surface area contributed by atoms with Crippen LogP contribution in [0.3, 0.4) is 0 Å². The first-order chi connectivity index (χ1) is 29.3. The number of rotatable bonds is 16. The molecule has 0 bridgehead atoms. The van der Waals surface area contributed by atoms with Crippen molar-refractivity contribution in [3.8, 4) is 33.0 Å². The van der Waals surface area contributed by atoms with Gasteiger partial charge in [-0.15, -0.1) is 11.3 Å². The Balaban J connectivity index is 1.15. The maximum Gasteiger partial charge on any atom is 0.346 e. The highest BCUT2D eigenvalue weighted by atomic mass is 32.2. The molecule has 2 N–H and O–H groups in total. The number of aliphatic carboxylic acids is 2. The number of nitriles is 2. The maximum absolute atomic E-state index is 11.6. The summed E-state index contributed by atoms with van der Waals surface area (Å²) in [7, 11) is 0. The second-order valence-electron chi connectivity index (χ2n) is 14.4. The molecule has 0 amide bonds. The number of anilines is 5.